The number of hydrogen-bond acceptors (Lipinski definition) is 2. The molecule has 0 unspecified atom stereocenters. The normalized spacial score (nSPS) is 11.6. The van der Waals surface area contributed by atoms with Crippen molar-refractivity contribution in [1.82, 2.24) is 0 Å². The molecule has 2 heteroatoms. The van der Waals surface area contributed by atoms with Gasteiger partial charge in [-0.1, -0.05) is 20.3 Å². The third-order valence-electron chi connectivity index (χ3n) is 2.21. The van der Waals surface area contributed by atoms with Crippen molar-refractivity contribution < 1.29 is 4.79 Å². The van der Waals surface area contributed by atoms with Crippen LogP contribution >= 0.6 is 0 Å². The Balaban J connectivity index is 3.64. The molecule has 0 atom stereocenters. The summed E-state index contributed by atoms with van der Waals surface area (Å²) >= 11 is 0. The van der Waals surface area contributed by atoms with Crippen molar-refractivity contribution in [3.63, 3.8) is 0 Å². The van der Waals surface area contributed by atoms with E-state index in [9.17, 15) is 4.79 Å². The molecule has 0 radical (unpaired) electrons. The molecule has 0 aromatic carbocycles. The van der Waals surface area contributed by atoms with Crippen LogP contribution in [0.3, 0.4) is 0 Å². The molecule has 66 valence electrons. The van der Waals surface area contributed by atoms with E-state index in [1.54, 1.807) is 6.92 Å². The first-order chi connectivity index (χ1) is 5.00. The highest BCUT2D eigenvalue weighted by Gasteiger charge is 2.22. The van der Waals surface area contributed by atoms with Gasteiger partial charge in [0.15, 0.2) is 0 Å². The van der Waals surface area contributed by atoms with Gasteiger partial charge in [0.25, 0.3) is 0 Å². The minimum Gasteiger partial charge on any atom is -0.330 e. The van der Waals surface area contributed by atoms with Crippen molar-refractivity contribution in [3.8, 4) is 0 Å². The Hall–Kier alpha value is -0.370. The van der Waals surface area contributed by atoms with Crippen LogP contribution in [-0.2, 0) is 4.79 Å². The second kappa shape index (κ2) is 4.50. The van der Waals surface area contributed by atoms with Crippen molar-refractivity contribution in [2.45, 2.75) is 40.0 Å². The zero-order valence-electron chi connectivity index (χ0n) is 7.81. The molecule has 0 amide bonds. The van der Waals surface area contributed by atoms with E-state index in [1.165, 1.54) is 0 Å². The Morgan fingerprint density at radius 2 is 1.91 bits per heavy atom. The number of Topliss-reactive ketones (excluding diaryl/α,β-unsaturated/α-hetero) is 1. The molecule has 0 saturated heterocycles. The van der Waals surface area contributed by atoms with Crippen molar-refractivity contribution in [3.05, 3.63) is 0 Å². The van der Waals surface area contributed by atoms with Crippen molar-refractivity contribution in [2.24, 2.45) is 11.1 Å². The summed E-state index contributed by atoms with van der Waals surface area (Å²) in [5.41, 5.74) is 5.21. The number of ketones is 1. The molecule has 2 N–H and O–H groups in total. The molecule has 0 aromatic heterocycles. The highest BCUT2D eigenvalue weighted by Crippen LogP contribution is 2.23. The van der Waals surface area contributed by atoms with Crippen molar-refractivity contribution in [1.29, 1.82) is 0 Å². The zero-order valence-corrected chi connectivity index (χ0v) is 7.81. The first kappa shape index (κ1) is 10.6. The second-order valence-electron chi connectivity index (χ2n) is 3.69. The number of nitrogens with two attached hydrogens (primary N) is 1. The van der Waals surface area contributed by atoms with E-state index in [4.69, 9.17) is 5.73 Å². The molecule has 0 rings (SSSR count). The van der Waals surface area contributed by atoms with E-state index in [2.05, 4.69) is 0 Å². The molecular formula is C9H19NO. The number of carbonyl (C=O) groups excluding carboxylic acids is 1. The molecule has 0 aliphatic carbocycles. The van der Waals surface area contributed by atoms with Crippen LogP contribution in [-0.4, -0.2) is 12.3 Å². The summed E-state index contributed by atoms with van der Waals surface area (Å²) in [6, 6.07) is 0. The fourth-order valence-corrected chi connectivity index (χ4v) is 0.887. The van der Waals surface area contributed by atoms with Crippen LogP contribution < -0.4 is 5.73 Å². The van der Waals surface area contributed by atoms with Gasteiger partial charge in [-0.2, -0.15) is 0 Å². The molecule has 0 spiro atoms. The van der Waals surface area contributed by atoms with Gasteiger partial charge in [-0.05, 0) is 26.3 Å². The van der Waals surface area contributed by atoms with Gasteiger partial charge in [-0.15, -0.1) is 0 Å². The molecule has 0 fully saturated rings. The van der Waals surface area contributed by atoms with Gasteiger partial charge in [0, 0.05) is 5.41 Å². The Morgan fingerprint density at radius 1 is 1.36 bits per heavy atom. The van der Waals surface area contributed by atoms with Crippen LogP contribution in [0.1, 0.15) is 40.0 Å². The first-order valence-corrected chi connectivity index (χ1v) is 4.22. The third kappa shape index (κ3) is 4.14. The summed E-state index contributed by atoms with van der Waals surface area (Å²) in [5.74, 6) is 0.273. The van der Waals surface area contributed by atoms with Gasteiger partial charge in [-0.3, -0.25) is 4.79 Å². The van der Waals surface area contributed by atoms with E-state index in [1.807, 2.05) is 13.8 Å². The predicted molar refractivity (Wildman–Crippen MR) is 47.4 cm³/mol. The van der Waals surface area contributed by atoms with Gasteiger partial charge in [0.1, 0.15) is 5.78 Å². The van der Waals surface area contributed by atoms with Crippen molar-refractivity contribution >= 4 is 5.78 Å². The smallest absolute Gasteiger partial charge is 0.135 e. The zero-order chi connectivity index (χ0) is 8.91. The lowest BCUT2D eigenvalue weighted by atomic mass is 9.83. The third-order valence-corrected chi connectivity index (χ3v) is 2.21. The van der Waals surface area contributed by atoms with E-state index >= 15 is 0 Å². The number of rotatable bonds is 5. The van der Waals surface area contributed by atoms with E-state index in [-0.39, 0.29) is 11.2 Å². The van der Waals surface area contributed by atoms with Gasteiger partial charge in [-0.25, -0.2) is 0 Å². The number of unbranched alkanes of at least 4 members (excludes halogenated alkanes) is 1. The Kier molecular flexibility index (Phi) is 4.34. The average molecular weight is 157 g/mol. The van der Waals surface area contributed by atoms with Gasteiger partial charge in [0.2, 0.25) is 0 Å². The maximum Gasteiger partial charge on any atom is 0.135 e. The standard InChI is InChI=1S/C9H19NO/c1-8(11)9(2,3)6-4-5-7-10/h4-7,10H2,1-3H3. The molecule has 0 bridgehead atoms. The van der Waals surface area contributed by atoms with Crippen LogP contribution in [0.5, 0.6) is 0 Å². The van der Waals surface area contributed by atoms with Gasteiger partial charge < -0.3 is 5.73 Å². The second-order valence-corrected chi connectivity index (χ2v) is 3.69. The largest absolute Gasteiger partial charge is 0.330 e. The summed E-state index contributed by atoms with van der Waals surface area (Å²) in [5, 5.41) is 0. The van der Waals surface area contributed by atoms with E-state index in [0.29, 0.717) is 0 Å². The lowest BCUT2D eigenvalue weighted by Crippen LogP contribution is -2.21. The Labute approximate surface area is 69.2 Å². The molecule has 0 heterocycles. The number of carbonyl (C=O) groups is 1. The van der Waals surface area contributed by atoms with E-state index < -0.39 is 0 Å². The first-order valence-electron chi connectivity index (χ1n) is 4.22. The minimum absolute atomic E-state index is 0.144. The molecule has 0 saturated carbocycles. The Bertz CT molecular complexity index is 130. The monoisotopic (exact) mass is 157 g/mol. The van der Waals surface area contributed by atoms with Crippen LogP contribution in [0.25, 0.3) is 0 Å². The fourth-order valence-electron chi connectivity index (χ4n) is 0.887. The van der Waals surface area contributed by atoms with Crippen molar-refractivity contribution in [2.75, 3.05) is 6.54 Å². The van der Waals surface area contributed by atoms with Crippen LogP contribution in [0.15, 0.2) is 0 Å². The molecule has 0 aliphatic heterocycles. The topological polar surface area (TPSA) is 43.1 Å². The fraction of sp³-hybridized carbons (Fsp3) is 0.889. The predicted octanol–water partition coefficient (Wildman–Crippen LogP) is 1.73. The summed E-state index contributed by atoms with van der Waals surface area (Å²) in [4.78, 5) is 11.0. The minimum atomic E-state index is -0.144. The molecule has 0 aromatic rings. The average Bonchev–Trinajstić information content (AvgIpc) is 1.88. The summed E-state index contributed by atoms with van der Waals surface area (Å²) < 4.78 is 0. The Morgan fingerprint density at radius 3 is 2.27 bits per heavy atom. The lowest BCUT2D eigenvalue weighted by molar-refractivity contribution is -0.125. The summed E-state index contributed by atoms with van der Waals surface area (Å²) in [6.45, 7) is 6.37. The SMILES string of the molecule is CC(=O)C(C)(C)CCCCN. The summed E-state index contributed by atoms with van der Waals surface area (Å²) in [6.07, 6.45) is 3.04. The molecular weight excluding hydrogens is 138 g/mol. The highest BCUT2D eigenvalue weighted by atomic mass is 16.1. The molecule has 0 aliphatic rings. The van der Waals surface area contributed by atoms with E-state index in [0.717, 1.165) is 25.8 Å². The highest BCUT2D eigenvalue weighted by molar-refractivity contribution is 5.81. The van der Waals surface area contributed by atoms with Crippen LogP contribution in [0.2, 0.25) is 0 Å². The lowest BCUT2D eigenvalue weighted by Gasteiger charge is -2.20. The van der Waals surface area contributed by atoms with Crippen LogP contribution in [0, 0.1) is 5.41 Å². The maximum atomic E-state index is 11.0. The van der Waals surface area contributed by atoms with Crippen LogP contribution in [0.4, 0.5) is 0 Å². The van der Waals surface area contributed by atoms with Gasteiger partial charge in [0.05, 0.1) is 0 Å². The quantitative estimate of drug-likeness (QED) is 0.618. The van der Waals surface area contributed by atoms with Gasteiger partial charge >= 0.3 is 0 Å². The maximum absolute atomic E-state index is 11.0. The number of hydrogen-bond donors (Lipinski definition) is 1. The summed E-state index contributed by atoms with van der Waals surface area (Å²) in [7, 11) is 0. The molecule has 2 nitrogen and oxygen atoms in total. The molecule has 11 heavy (non-hydrogen) atoms.